The van der Waals surface area contributed by atoms with Gasteiger partial charge in [-0.05, 0) is 37.4 Å². The van der Waals surface area contributed by atoms with E-state index in [1.807, 2.05) is 0 Å². The average molecular weight is 326 g/mol. The van der Waals surface area contributed by atoms with Crippen LogP contribution in [0, 0.1) is 0 Å². The lowest BCUT2D eigenvalue weighted by molar-refractivity contribution is 0.334. The summed E-state index contributed by atoms with van der Waals surface area (Å²) in [7, 11) is 0. The molecule has 1 aromatic carbocycles. The Morgan fingerprint density at radius 1 is 1.00 bits per heavy atom. The first-order valence-corrected chi connectivity index (χ1v) is 8.45. The third-order valence-electron chi connectivity index (χ3n) is 3.79. The van der Waals surface area contributed by atoms with Gasteiger partial charge in [-0.1, -0.05) is 67.7 Å². The van der Waals surface area contributed by atoms with E-state index in [2.05, 4.69) is 66.3 Å². The summed E-state index contributed by atoms with van der Waals surface area (Å²) in [6.07, 6.45) is 6.16. The van der Waals surface area contributed by atoms with Crippen molar-refractivity contribution in [1.82, 2.24) is 5.32 Å². The molecule has 0 unspecified atom stereocenters. The Morgan fingerprint density at radius 3 is 2.16 bits per heavy atom. The van der Waals surface area contributed by atoms with Gasteiger partial charge in [0, 0.05) is 16.4 Å². The molecule has 0 aliphatic rings. The highest BCUT2D eigenvalue weighted by Crippen LogP contribution is 2.38. The minimum Gasteiger partial charge on any atom is -0.316 e. The highest BCUT2D eigenvalue weighted by molar-refractivity contribution is 9.10. The summed E-state index contributed by atoms with van der Waals surface area (Å²) in [6.45, 7) is 9.01. The quantitative estimate of drug-likeness (QED) is 0.608. The van der Waals surface area contributed by atoms with Crippen LogP contribution < -0.4 is 5.32 Å². The normalized spacial score (nSPS) is 11.8. The third-order valence-corrected chi connectivity index (χ3v) is 4.48. The molecule has 19 heavy (non-hydrogen) atoms. The molecular formula is C17H28BrN. The van der Waals surface area contributed by atoms with Crippen LogP contribution in [0.4, 0.5) is 0 Å². The zero-order chi connectivity index (χ0) is 14.1. The highest BCUT2D eigenvalue weighted by Gasteiger charge is 2.31. The zero-order valence-corrected chi connectivity index (χ0v) is 14.2. The molecule has 0 bridgehead atoms. The largest absolute Gasteiger partial charge is 0.316 e. The van der Waals surface area contributed by atoms with E-state index in [4.69, 9.17) is 0 Å². The molecule has 0 amide bonds. The van der Waals surface area contributed by atoms with E-state index in [0.29, 0.717) is 0 Å². The Morgan fingerprint density at radius 2 is 1.63 bits per heavy atom. The molecule has 0 aliphatic carbocycles. The predicted octanol–water partition coefficient (Wildman–Crippen LogP) is 5.29. The van der Waals surface area contributed by atoms with Gasteiger partial charge in [-0.2, -0.15) is 0 Å². The van der Waals surface area contributed by atoms with Gasteiger partial charge in [0.15, 0.2) is 0 Å². The second kappa shape index (κ2) is 8.76. The molecule has 0 radical (unpaired) electrons. The minimum atomic E-state index is 0.277. The SMILES string of the molecule is CCCNCC(CCC)(CCC)c1ccccc1Br. The maximum atomic E-state index is 3.75. The first kappa shape index (κ1) is 16.7. The molecule has 0 spiro atoms. The second-order valence-corrected chi connectivity index (χ2v) is 6.29. The van der Waals surface area contributed by atoms with Crippen molar-refractivity contribution in [3.63, 3.8) is 0 Å². The summed E-state index contributed by atoms with van der Waals surface area (Å²) in [5.41, 5.74) is 1.75. The molecule has 1 aromatic rings. The lowest BCUT2D eigenvalue weighted by atomic mass is 9.73. The molecule has 0 saturated carbocycles. The molecule has 1 N–H and O–H groups in total. The van der Waals surface area contributed by atoms with Crippen LogP contribution in [0.5, 0.6) is 0 Å². The van der Waals surface area contributed by atoms with E-state index in [1.54, 1.807) is 0 Å². The van der Waals surface area contributed by atoms with Gasteiger partial charge >= 0.3 is 0 Å². The van der Waals surface area contributed by atoms with E-state index in [-0.39, 0.29) is 5.41 Å². The van der Waals surface area contributed by atoms with Crippen LogP contribution in [0.3, 0.4) is 0 Å². The van der Waals surface area contributed by atoms with Crippen LogP contribution in [0.1, 0.15) is 58.4 Å². The van der Waals surface area contributed by atoms with Gasteiger partial charge in [-0.3, -0.25) is 0 Å². The first-order chi connectivity index (χ1) is 9.20. The summed E-state index contributed by atoms with van der Waals surface area (Å²) in [5, 5.41) is 3.65. The van der Waals surface area contributed by atoms with Gasteiger partial charge in [0.05, 0.1) is 0 Å². The van der Waals surface area contributed by atoms with E-state index >= 15 is 0 Å². The van der Waals surface area contributed by atoms with E-state index in [0.717, 1.165) is 13.1 Å². The average Bonchev–Trinajstić information content (AvgIpc) is 2.40. The molecule has 0 atom stereocenters. The Hall–Kier alpha value is -0.340. The van der Waals surface area contributed by atoms with Crippen molar-refractivity contribution in [3.8, 4) is 0 Å². The second-order valence-electron chi connectivity index (χ2n) is 5.44. The number of rotatable bonds is 9. The fraction of sp³-hybridized carbons (Fsp3) is 0.647. The Labute approximate surface area is 127 Å². The lowest BCUT2D eigenvalue weighted by Gasteiger charge is -2.35. The van der Waals surface area contributed by atoms with Crippen LogP contribution >= 0.6 is 15.9 Å². The van der Waals surface area contributed by atoms with Gasteiger partial charge in [0.1, 0.15) is 0 Å². The fourth-order valence-electron chi connectivity index (χ4n) is 3.02. The smallest absolute Gasteiger partial charge is 0.0213 e. The van der Waals surface area contributed by atoms with Crippen molar-refractivity contribution >= 4 is 15.9 Å². The third kappa shape index (κ3) is 4.61. The van der Waals surface area contributed by atoms with Gasteiger partial charge in [0.2, 0.25) is 0 Å². The molecule has 0 aliphatic heterocycles. The van der Waals surface area contributed by atoms with Crippen molar-refractivity contribution in [2.24, 2.45) is 0 Å². The van der Waals surface area contributed by atoms with Gasteiger partial charge in [0.25, 0.3) is 0 Å². The summed E-state index contributed by atoms with van der Waals surface area (Å²) in [4.78, 5) is 0. The summed E-state index contributed by atoms with van der Waals surface area (Å²) >= 11 is 3.75. The molecule has 0 fully saturated rings. The topological polar surface area (TPSA) is 12.0 Å². The van der Waals surface area contributed by atoms with Crippen molar-refractivity contribution in [2.45, 2.75) is 58.3 Å². The molecule has 108 valence electrons. The van der Waals surface area contributed by atoms with Crippen LogP contribution in [-0.4, -0.2) is 13.1 Å². The van der Waals surface area contributed by atoms with Crippen molar-refractivity contribution in [3.05, 3.63) is 34.3 Å². The summed E-state index contributed by atoms with van der Waals surface area (Å²) < 4.78 is 1.26. The molecular weight excluding hydrogens is 298 g/mol. The molecule has 0 saturated heterocycles. The van der Waals surface area contributed by atoms with Crippen molar-refractivity contribution in [2.75, 3.05) is 13.1 Å². The summed E-state index contributed by atoms with van der Waals surface area (Å²) in [6, 6.07) is 8.74. The number of benzene rings is 1. The highest BCUT2D eigenvalue weighted by atomic mass is 79.9. The minimum absolute atomic E-state index is 0.277. The van der Waals surface area contributed by atoms with Crippen LogP contribution in [0.15, 0.2) is 28.7 Å². The van der Waals surface area contributed by atoms with Crippen LogP contribution in [-0.2, 0) is 5.41 Å². The van der Waals surface area contributed by atoms with E-state index in [1.165, 1.54) is 42.1 Å². The predicted molar refractivity (Wildman–Crippen MR) is 88.8 cm³/mol. The number of nitrogens with one attached hydrogen (secondary N) is 1. The Balaban J connectivity index is 3.03. The van der Waals surface area contributed by atoms with E-state index in [9.17, 15) is 0 Å². The van der Waals surface area contributed by atoms with Crippen molar-refractivity contribution in [1.29, 1.82) is 0 Å². The standard InChI is InChI=1S/C17H28BrN/c1-4-11-17(12-5-2,14-19-13-6-3)15-9-7-8-10-16(15)18/h7-10,19H,4-6,11-14H2,1-3H3. The number of hydrogen-bond donors (Lipinski definition) is 1. The number of hydrogen-bond acceptors (Lipinski definition) is 1. The van der Waals surface area contributed by atoms with E-state index < -0.39 is 0 Å². The van der Waals surface area contributed by atoms with Crippen LogP contribution in [0.2, 0.25) is 0 Å². The number of halogens is 1. The monoisotopic (exact) mass is 325 g/mol. The van der Waals surface area contributed by atoms with Gasteiger partial charge in [-0.15, -0.1) is 0 Å². The van der Waals surface area contributed by atoms with Crippen molar-refractivity contribution < 1.29 is 0 Å². The molecule has 1 rings (SSSR count). The zero-order valence-electron chi connectivity index (χ0n) is 12.6. The van der Waals surface area contributed by atoms with Gasteiger partial charge < -0.3 is 5.32 Å². The first-order valence-electron chi connectivity index (χ1n) is 7.66. The summed E-state index contributed by atoms with van der Waals surface area (Å²) in [5.74, 6) is 0. The van der Waals surface area contributed by atoms with Crippen LogP contribution in [0.25, 0.3) is 0 Å². The Bertz CT molecular complexity index is 356. The maximum absolute atomic E-state index is 3.75. The molecule has 0 aromatic heterocycles. The molecule has 1 nitrogen and oxygen atoms in total. The molecule has 2 heteroatoms. The molecule has 0 heterocycles. The lowest BCUT2D eigenvalue weighted by Crippen LogP contribution is -2.39. The Kier molecular flexibility index (Phi) is 7.70. The fourth-order valence-corrected chi connectivity index (χ4v) is 3.72. The van der Waals surface area contributed by atoms with Gasteiger partial charge in [-0.25, -0.2) is 0 Å². The maximum Gasteiger partial charge on any atom is 0.0213 e.